The molecule has 0 saturated heterocycles. The van der Waals surface area contributed by atoms with Crippen molar-refractivity contribution < 1.29 is 23.0 Å². The Bertz CT molecular complexity index is 426. The number of rotatable bonds is 4. The fourth-order valence-electron chi connectivity index (χ4n) is 1.25. The Morgan fingerprint density at radius 3 is 2.71 bits per heavy atom. The van der Waals surface area contributed by atoms with Gasteiger partial charge in [0.15, 0.2) is 5.75 Å². The normalized spacial score (nSPS) is 10.5. The molecule has 0 radical (unpaired) electrons. The van der Waals surface area contributed by atoms with Gasteiger partial charge in [-0.15, -0.1) is 0 Å². The van der Waals surface area contributed by atoms with E-state index in [2.05, 4.69) is 20.9 Å². The summed E-state index contributed by atoms with van der Waals surface area (Å²) in [6, 6.07) is 0. The van der Waals surface area contributed by atoms with Gasteiger partial charge in [0.25, 0.3) is 6.43 Å². The van der Waals surface area contributed by atoms with E-state index in [1.165, 1.54) is 7.11 Å². The molecule has 0 unspecified atom stereocenters. The SMILES string of the molecule is CCOC(=O)c1c(C(F)F)cnc(Br)c1OC. The molecule has 0 saturated carbocycles. The smallest absolute Gasteiger partial charge is 0.342 e. The van der Waals surface area contributed by atoms with Gasteiger partial charge in [-0.05, 0) is 22.9 Å². The highest BCUT2D eigenvalue weighted by Gasteiger charge is 2.26. The number of alkyl halides is 2. The van der Waals surface area contributed by atoms with E-state index < -0.39 is 18.0 Å². The molecule has 0 aromatic carbocycles. The van der Waals surface area contributed by atoms with Gasteiger partial charge in [0.05, 0.1) is 19.3 Å². The van der Waals surface area contributed by atoms with Crippen molar-refractivity contribution in [2.24, 2.45) is 0 Å². The highest BCUT2D eigenvalue weighted by molar-refractivity contribution is 9.10. The predicted octanol–water partition coefficient (Wildman–Crippen LogP) is 2.97. The molecule has 0 spiro atoms. The molecule has 0 aliphatic heterocycles. The van der Waals surface area contributed by atoms with Gasteiger partial charge in [0.2, 0.25) is 0 Å². The number of methoxy groups -OCH3 is 1. The molecule has 0 amide bonds. The zero-order valence-corrected chi connectivity index (χ0v) is 10.8. The van der Waals surface area contributed by atoms with Crippen molar-refractivity contribution in [1.82, 2.24) is 4.98 Å². The summed E-state index contributed by atoms with van der Waals surface area (Å²) in [5.41, 5.74) is -0.810. The minimum absolute atomic E-state index is 0.0544. The molecule has 0 fully saturated rings. The molecule has 0 N–H and O–H groups in total. The Morgan fingerprint density at radius 1 is 1.59 bits per heavy atom. The molecule has 94 valence electrons. The third-order valence-corrected chi connectivity index (χ3v) is 2.50. The van der Waals surface area contributed by atoms with Crippen molar-refractivity contribution in [2.75, 3.05) is 13.7 Å². The predicted molar refractivity (Wildman–Crippen MR) is 59.4 cm³/mol. The topological polar surface area (TPSA) is 48.4 Å². The zero-order chi connectivity index (χ0) is 13.0. The van der Waals surface area contributed by atoms with Crippen molar-refractivity contribution in [2.45, 2.75) is 13.3 Å². The van der Waals surface area contributed by atoms with E-state index in [-0.39, 0.29) is 22.5 Å². The molecule has 0 aliphatic rings. The molecular formula is C10H10BrF2NO3. The van der Waals surface area contributed by atoms with Crippen LogP contribution in [0.4, 0.5) is 8.78 Å². The molecule has 4 nitrogen and oxygen atoms in total. The summed E-state index contributed by atoms with van der Waals surface area (Å²) in [4.78, 5) is 15.3. The van der Waals surface area contributed by atoms with E-state index in [0.29, 0.717) is 0 Å². The first-order valence-electron chi connectivity index (χ1n) is 4.70. The second-order valence-corrected chi connectivity index (χ2v) is 3.68. The van der Waals surface area contributed by atoms with Crippen LogP contribution in [-0.4, -0.2) is 24.7 Å². The number of hydrogen-bond acceptors (Lipinski definition) is 4. The van der Waals surface area contributed by atoms with Crippen molar-refractivity contribution >= 4 is 21.9 Å². The Hall–Kier alpha value is -1.24. The Labute approximate surface area is 105 Å². The van der Waals surface area contributed by atoms with Gasteiger partial charge in [0, 0.05) is 6.20 Å². The van der Waals surface area contributed by atoms with E-state index in [0.717, 1.165) is 6.20 Å². The van der Waals surface area contributed by atoms with E-state index >= 15 is 0 Å². The molecule has 17 heavy (non-hydrogen) atoms. The van der Waals surface area contributed by atoms with Crippen LogP contribution >= 0.6 is 15.9 Å². The molecule has 7 heteroatoms. The number of nitrogens with zero attached hydrogens (tertiary/aromatic N) is 1. The molecule has 1 rings (SSSR count). The second-order valence-electron chi connectivity index (χ2n) is 2.93. The summed E-state index contributed by atoms with van der Waals surface area (Å²) in [5.74, 6) is -0.913. The highest BCUT2D eigenvalue weighted by Crippen LogP contribution is 2.34. The first kappa shape index (κ1) is 13.8. The minimum atomic E-state index is -2.83. The molecule has 1 heterocycles. The van der Waals surface area contributed by atoms with Crippen LogP contribution in [0.2, 0.25) is 0 Å². The minimum Gasteiger partial charge on any atom is -0.493 e. The average Bonchev–Trinajstić information content (AvgIpc) is 2.28. The lowest BCUT2D eigenvalue weighted by Gasteiger charge is -2.13. The van der Waals surface area contributed by atoms with Crippen LogP contribution < -0.4 is 4.74 Å². The van der Waals surface area contributed by atoms with Gasteiger partial charge < -0.3 is 9.47 Å². The lowest BCUT2D eigenvalue weighted by Crippen LogP contribution is -2.11. The van der Waals surface area contributed by atoms with Crippen LogP contribution in [0.1, 0.15) is 29.3 Å². The van der Waals surface area contributed by atoms with Crippen LogP contribution in [0.25, 0.3) is 0 Å². The molecule has 0 atom stereocenters. The van der Waals surface area contributed by atoms with Crippen molar-refractivity contribution in [3.63, 3.8) is 0 Å². The first-order chi connectivity index (χ1) is 8.02. The Morgan fingerprint density at radius 2 is 2.24 bits per heavy atom. The lowest BCUT2D eigenvalue weighted by molar-refractivity contribution is 0.0510. The number of ether oxygens (including phenoxy) is 2. The fraction of sp³-hybridized carbons (Fsp3) is 0.400. The van der Waals surface area contributed by atoms with Gasteiger partial charge in [-0.2, -0.15) is 0 Å². The first-order valence-corrected chi connectivity index (χ1v) is 5.49. The van der Waals surface area contributed by atoms with Crippen LogP contribution in [-0.2, 0) is 4.74 Å². The highest BCUT2D eigenvalue weighted by atomic mass is 79.9. The Balaban J connectivity index is 3.38. The number of hydrogen-bond donors (Lipinski definition) is 0. The third-order valence-electron chi connectivity index (χ3n) is 1.94. The quantitative estimate of drug-likeness (QED) is 0.634. The number of halogens is 3. The molecule has 0 aliphatic carbocycles. The number of carbonyl (C=O) groups excluding carboxylic acids is 1. The number of carbonyl (C=O) groups is 1. The van der Waals surface area contributed by atoms with E-state index in [4.69, 9.17) is 9.47 Å². The summed E-state index contributed by atoms with van der Waals surface area (Å²) in [5, 5.41) is 0. The van der Waals surface area contributed by atoms with Crippen LogP contribution in [0.15, 0.2) is 10.8 Å². The maximum Gasteiger partial charge on any atom is 0.342 e. The summed E-state index contributed by atoms with van der Waals surface area (Å²) in [6.07, 6.45) is -1.91. The second kappa shape index (κ2) is 5.90. The summed E-state index contributed by atoms with van der Waals surface area (Å²) in [7, 11) is 1.26. The molecule has 1 aromatic rings. The van der Waals surface area contributed by atoms with Crippen LogP contribution in [0, 0.1) is 0 Å². The Kier molecular flexibility index (Phi) is 4.80. The fourth-order valence-corrected chi connectivity index (χ4v) is 1.71. The van der Waals surface area contributed by atoms with Gasteiger partial charge >= 0.3 is 5.97 Å². The maximum atomic E-state index is 12.8. The molecule has 0 bridgehead atoms. The third kappa shape index (κ3) is 2.91. The molecular weight excluding hydrogens is 300 g/mol. The van der Waals surface area contributed by atoms with E-state index in [1.54, 1.807) is 6.92 Å². The van der Waals surface area contributed by atoms with Crippen molar-refractivity contribution in [3.8, 4) is 5.75 Å². The van der Waals surface area contributed by atoms with Crippen molar-refractivity contribution in [3.05, 3.63) is 21.9 Å². The van der Waals surface area contributed by atoms with Crippen molar-refractivity contribution in [1.29, 1.82) is 0 Å². The average molecular weight is 310 g/mol. The summed E-state index contributed by atoms with van der Waals surface area (Å²) in [6.45, 7) is 1.67. The number of aromatic nitrogens is 1. The van der Waals surface area contributed by atoms with Gasteiger partial charge in [0.1, 0.15) is 10.2 Å². The van der Waals surface area contributed by atoms with Gasteiger partial charge in [-0.3, -0.25) is 0 Å². The standard InChI is InChI=1S/C10H10BrF2NO3/c1-3-17-10(15)6-5(9(12)13)4-14-8(11)7(6)16-2/h4,9H,3H2,1-2H3. The zero-order valence-electron chi connectivity index (χ0n) is 9.17. The summed E-state index contributed by atoms with van der Waals surface area (Å²) >= 11 is 3.02. The van der Waals surface area contributed by atoms with E-state index in [1.807, 2.05) is 0 Å². The van der Waals surface area contributed by atoms with E-state index in [9.17, 15) is 13.6 Å². The largest absolute Gasteiger partial charge is 0.493 e. The number of esters is 1. The number of pyridine rings is 1. The monoisotopic (exact) mass is 309 g/mol. The van der Waals surface area contributed by atoms with Gasteiger partial charge in [-0.25, -0.2) is 18.6 Å². The molecule has 1 aromatic heterocycles. The lowest BCUT2D eigenvalue weighted by atomic mass is 10.1. The van der Waals surface area contributed by atoms with Crippen LogP contribution in [0.3, 0.4) is 0 Å². The maximum absolute atomic E-state index is 12.8. The van der Waals surface area contributed by atoms with Crippen LogP contribution in [0.5, 0.6) is 5.75 Å². The van der Waals surface area contributed by atoms with Gasteiger partial charge in [-0.1, -0.05) is 0 Å². The summed E-state index contributed by atoms with van der Waals surface area (Å²) < 4.78 is 35.3.